The predicted octanol–water partition coefficient (Wildman–Crippen LogP) is 3.21. The maximum atomic E-state index is 13.7. The van der Waals surface area contributed by atoms with E-state index < -0.39 is 5.82 Å². The number of morpholine rings is 1. The van der Waals surface area contributed by atoms with E-state index in [9.17, 15) is 4.39 Å². The molecule has 1 aliphatic heterocycles. The van der Waals surface area contributed by atoms with Crippen LogP contribution in [0.15, 0.2) is 12.1 Å². The Bertz CT molecular complexity index is 714. The highest BCUT2D eigenvalue weighted by Gasteiger charge is 2.21. The summed E-state index contributed by atoms with van der Waals surface area (Å²) in [7, 11) is 0. The lowest BCUT2D eigenvalue weighted by molar-refractivity contribution is -0.0339. The molecule has 1 N–H and O–H groups in total. The number of likely N-dealkylation sites (N-methyl/N-ethyl adjacent to an activating group) is 1. The first-order valence-corrected chi connectivity index (χ1v) is 7.78. The Kier molecular flexibility index (Phi) is 4.31. The van der Waals surface area contributed by atoms with Crippen molar-refractivity contribution in [1.29, 1.82) is 0 Å². The minimum absolute atomic E-state index is 0.0585. The van der Waals surface area contributed by atoms with Gasteiger partial charge in [0, 0.05) is 19.2 Å². The van der Waals surface area contributed by atoms with E-state index in [1.54, 1.807) is 6.07 Å². The quantitative estimate of drug-likeness (QED) is 0.878. The van der Waals surface area contributed by atoms with Crippen molar-refractivity contribution in [1.82, 2.24) is 14.5 Å². The van der Waals surface area contributed by atoms with Crippen molar-refractivity contribution >= 4 is 34.9 Å². The maximum Gasteiger partial charge on any atom is 0.178 e. The van der Waals surface area contributed by atoms with Gasteiger partial charge in [-0.05, 0) is 24.8 Å². The predicted molar refractivity (Wildman–Crippen MR) is 83.9 cm³/mol. The van der Waals surface area contributed by atoms with Gasteiger partial charge in [0.15, 0.2) is 4.77 Å². The number of ether oxygens (including phenoxy) is 1. The Morgan fingerprint density at radius 2 is 2.33 bits per heavy atom. The Hall–Kier alpha value is -0.950. The highest BCUT2D eigenvalue weighted by molar-refractivity contribution is 7.71. The van der Waals surface area contributed by atoms with E-state index in [0.717, 1.165) is 30.7 Å². The summed E-state index contributed by atoms with van der Waals surface area (Å²) in [5.74, 6) is -0.438. The second kappa shape index (κ2) is 6.04. The molecule has 0 bridgehead atoms. The van der Waals surface area contributed by atoms with Crippen LogP contribution in [0.3, 0.4) is 0 Å². The highest BCUT2D eigenvalue weighted by atomic mass is 35.5. The number of nitrogens with zero attached hydrogens (tertiary/aromatic N) is 2. The van der Waals surface area contributed by atoms with Crippen LogP contribution in [-0.4, -0.2) is 46.8 Å². The van der Waals surface area contributed by atoms with Gasteiger partial charge in [0.05, 0.1) is 35.3 Å². The van der Waals surface area contributed by atoms with Gasteiger partial charge in [-0.3, -0.25) is 4.90 Å². The molecule has 0 amide bonds. The lowest BCUT2D eigenvalue weighted by atomic mass is 10.2. The summed E-state index contributed by atoms with van der Waals surface area (Å²) in [4.78, 5) is 5.40. The Balaban J connectivity index is 1.91. The first kappa shape index (κ1) is 15.0. The van der Waals surface area contributed by atoms with E-state index >= 15 is 0 Å². The average molecular weight is 330 g/mol. The van der Waals surface area contributed by atoms with Gasteiger partial charge >= 0.3 is 0 Å². The van der Waals surface area contributed by atoms with Crippen molar-refractivity contribution in [3.63, 3.8) is 0 Å². The first-order chi connectivity index (χ1) is 10.1. The van der Waals surface area contributed by atoms with Crippen molar-refractivity contribution < 1.29 is 9.13 Å². The van der Waals surface area contributed by atoms with Gasteiger partial charge in [-0.25, -0.2) is 4.39 Å². The normalized spacial score (nSPS) is 20.2. The third kappa shape index (κ3) is 2.99. The fourth-order valence-electron chi connectivity index (χ4n) is 2.71. The van der Waals surface area contributed by atoms with Gasteiger partial charge in [-0.2, -0.15) is 0 Å². The smallest absolute Gasteiger partial charge is 0.178 e. The van der Waals surface area contributed by atoms with E-state index in [1.807, 2.05) is 4.57 Å². The summed E-state index contributed by atoms with van der Waals surface area (Å²) in [5, 5.41) is 0.0944. The summed E-state index contributed by atoms with van der Waals surface area (Å²) in [6.45, 7) is 6.28. The Morgan fingerprint density at radius 3 is 3.10 bits per heavy atom. The minimum Gasteiger partial charge on any atom is -0.374 e. The number of nitrogens with one attached hydrogen (secondary N) is 1. The molecule has 1 fully saturated rings. The van der Waals surface area contributed by atoms with E-state index in [2.05, 4.69) is 16.8 Å². The summed E-state index contributed by atoms with van der Waals surface area (Å²) in [6, 6.07) is 2.99. The van der Waals surface area contributed by atoms with Gasteiger partial charge in [-0.15, -0.1) is 0 Å². The number of rotatable bonds is 3. The maximum absolute atomic E-state index is 13.7. The van der Waals surface area contributed by atoms with Gasteiger partial charge in [0.25, 0.3) is 0 Å². The van der Waals surface area contributed by atoms with Crippen molar-refractivity contribution in [3.05, 3.63) is 27.7 Å². The second-order valence-electron chi connectivity index (χ2n) is 5.21. The third-order valence-electron chi connectivity index (χ3n) is 3.87. The van der Waals surface area contributed by atoms with Crippen LogP contribution in [0.2, 0.25) is 5.02 Å². The molecule has 1 atom stereocenters. The lowest BCUT2D eigenvalue weighted by Gasteiger charge is -2.32. The Labute approximate surface area is 132 Å². The van der Waals surface area contributed by atoms with Gasteiger partial charge in [0.1, 0.15) is 5.82 Å². The number of benzene rings is 1. The zero-order chi connectivity index (χ0) is 15.0. The van der Waals surface area contributed by atoms with E-state index in [-0.39, 0.29) is 11.1 Å². The number of H-pyrrole nitrogens is 1. The van der Waals surface area contributed by atoms with Gasteiger partial charge in [-0.1, -0.05) is 18.5 Å². The van der Waals surface area contributed by atoms with Crippen LogP contribution in [0.25, 0.3) is 11.0 Å². The van der Waals surface area contributed by atoms with Gasteiger partial charge in [0.2, 0.25) is 0 Å². The van der Waals surface area contributed by atoms with Crippen molar-refractivity contribution in [2.24, 2.45) is 0 Å². The van der Waals surface area contributed by atoms with Crippen LogP contribution < -0.4 is 0 Å². The molecular formula is C14H17ClFN3OS. The second-order valence-corrected chi connectivity index (χ2v) is 6.00. The van der Waals surface area contributed by atoms with Crippen molar-refractivity contribution in [2.45, 2.75) is 19.6 Å². The average Bonchev–Trinajstić information content (AvgIpc) is 2.76. The fraction of sp³-hybridized carbons (Fsp3) is 0.500. The highest BCUT2D eigenvalue weighted by Crippen LogP contribution is 2.23. The molecular weight excluding hydrogens is 313 g/mol. The number of aromatic amines is 1. The van der Waals surface area contributed by atoms with Crippen LogP contribution in [0.5, 0.6) is 0 Å². The molecule has 4 nitrogen and oxygen atoms in total. The molecule has 0 saturated carbocycles. The van der Waals surface area contributed by atoms with Crippen molar-refractivity contribution in [2.75, 3.05) is 26.2 Å². The van der Waals surface area contributed by atoms with Crippen LogP contribution in [0.1, 0.15) is 6.92 Å². The van der Waals surface area contributed by atoms with Gasteiger partial charge < -0.3 is 14.3 Å². The molecule has 0 aliphatic carbocycles. The molecule has 1 aliphatic rings. The standard InChI is InChI=1S/C14H17ClFN3OS/c1-2-18-3-4-20-9(7-18)8-19-13-6-11(16)10(15)5-12(13)17-14(19)21/h5-6,9H,2-4,7-8H2,1H3,(H,17,21). The largest absolute Gasteiger partial charge is 0.374 e. The van der Waals surface area contributed by atoms with Crippen LogP contribution in [0.4, 0.5) is 4.39 Å². The minimum atomic E-state index is -0.438. The molecule has 7 heteroatoms. The number of imidazole rings is 1. The number of fused-ring (bicyclic) bond motifs is 1. The molecule has 2 aromatic rings. The Morgan fingerprint density at radius 1 is 1.52 bits per heavy atom. The summed E-state index contributed by atoms with van der Waals surface area (Å²) in [6.07, 6.45) is 0.0585. The third-order valence-corrected chi connectivity index (χ3v) is 4.48. The van der Waals surface area contributed by atoms with Crippen LogP contribution >= 0.6 is 23.8 Å². The molecule has 1 saturated heterocycles. The SMILES string of the molecule is CCN1CCOC(Cn2c(=S)[nH]c3cc(Cl)c(F)cc32)C1. The molecule has 1 unspecified atom stereocenters. The number of hydrogen-bond donors (Lipinski definition) is 1. The molecule has 2 heterocycles. The van der Waals surface area contributed by atoms with Crippen molar-refractivity contribution in [3.8, 4) is 0 Å². The van der Waals surface area contributed by atoms with Crippen LogP contribution in [-0.2, 0) is 11.3 Å². The molecule has 21 heavy (non-hydrogen) atoms. The fourth-order valence-corrected chi connectivity index (χ4v) is 3.16. The summed E-state index contributed by atoms with van der Waals surface area (Å²) < 4.78 is 21.9. The zero-order valence-corrected chi connectivity index (χ0v) is 13.3. The van der Waals surface area contributed by atoms with E-state index in [0.29, 0.717) is 17.9 Å². The molecule has 0 spiro atoms. The van der Waals surface area contributed by atoms with E-state index in [4.69, 9.17) is 28.6 Å². The number of aromatic nitrogens is 2. The first-order valence-electron chi connectivity index (χ1n) is 7.00. The topological polar surface area (TPSA) is 33.2 Å². The molecule has 1 aromatic carbocycles. The summed E-state index contributed by atoms with van der Waals surface area (Å²) >= 11 is 11.1. The monoisotopic (exact) mass is 329 g/mol. The van der Waals surface area contributed by atoms with Crippen LogP contribution in [0, 0.1) is 10.6 Å². The number of hydrogen-bond acceptors (Lipinski definition) is 3. The lowest BCUT2D eigenvalue weighted by Crippen LogP contribution is -2.43. The molecule has 0 radical (unpaired) electrons. The zero-order valence-electron chi connectivity index (χ0n) is 11.7. The molecule has 3 rings (SSSR count). The molecule has 1 aromatic heterocycles. The number of halogens is 2. The van der Waals surface area contributed by atoms with E-state index in [1.165, 1.54) is 6.07 Å². The molecule has 114 valence electrons. The summed E-state index contributed by atoms with van der Waals surface area (Å²) in [5.41, 5.74) is 1.47.